The molecule has 2 nitrogen and oxygen atoms in total. The van der Waals surface area contributed by atoms with Crippen LogP contribution in [0.2, 0.25) is 0 Å². The van der Waals surface area contributed by atoms with Gasteiger partial charge in [0.15, 0.2) is 0 Å². The van der Waals surface area contributed by atoms with Crippen molar-refractivity contribution in [1.82, 2.24) is 9.88 Å². The molecule has 1 aliphatic heterocycles. The molecule has 2 heteroatoms. The summed E-state index contributed by atoms with van der Waals surface area (Å²) < 4.78 is 2.36. The van der Waals surface area contributed by atoms with Crippen LogP contribution in [-0.4, -0.2) is 11.1 Å². The summed E-state index contributed by atoms with van der Waals surface area (Å²) in [6, 6.07) is 10.9. The van der Waals surface area contributed by atoms with E-state index < -0.39 is 0 Å². The molecule has 0 unspecified atom stereocenters. The van der Waals surface area contributed by atoms with E-state index >= 15 is 0 Å². The maximum Gasteiger partial charge on any atom is 0.0360 e. The molecule has 1 aromatic heterocycles. The molecular weight excluding hydrogens is 196 g/mol. The van der Waals surface area contributed by atoms with Gasteiger partial charge in [0.1, 0.15) is 0 Å². The van der Waals surface area contributed by atoms with E-state index in [0.717, 1.165) is 19.6 Å². The molecule has 0 saturated heterocycles. The van der Waals surface area contributed by atoms with Gasteiger partial charge < -0.3 is 9.88 Å². The second kappa shape index (κ2) is 3.80. The lowest BCUT2D eigenvalue weighted by Gasteiger charge is -2.15. The topological polar surface area (TPSA) is 17.0 Å². The van der Waals surface area contributed by atoms with Crippen LogP contribution in [0.5, 0.6) is 0 Å². The molecule has 1 aromatic carbocycles. The first-order chi connectivity index (χ1) is 7.84. The largest absolute Gasteiger partial charge is 0.348 e. The van der Waals surface area contributed by atoms with Gasteiger partial charge in [-0.1, -0.05) is 24.3 Å². The fraction of sp³-hybridized carbons (Fsp3) is 0.286. The van der Waals surface area contributed by atoms with Crippen molar-refractivity contribution in [3.63, 3.8) is 0 Å². The van der Waals surface area contributed by atoms with Crippen LogP contribution in [0.25, 0.3) is 11.1 Å². The van der Waals surface area contributed by atoms with Crippen molar-refractivity contribution in [2.24, 2.45) is 0 Å². The predicted octanol–water partition coefficient (Wildman–Crippen LogP) is 2.57. The molecule has 2 aromatic rings. The van der Waals surface area contributed by atoms with Crippen LogP contribution in [0, 0.1) is 6.92 Å². The van der Waals surface area contributed by atoms with Crippen molar-refractivity contribution in [1.29, 1.82) is 0 Å². The number of fused-ring (bicyclic) bond motifs is 1. The van der Waals surface area contributed by atoms with E-state index in [0.29, 0.717) is 0 Å². The van der Waals surface area contributed by atoms with E-state index in [4.69, 9.17) is 0 Å². The highest BCUT2D eigenvalue weighted by atomic mass is 15.1. The van der Waals surface area contributed by atoms with Gasteiger partial charge in [-0.25, -0.2) is 0 Å². The van der Waals surface area contributed by atoms with Gasteiger partial charge in [-0.3, -0.25) is 0 Å². The SMILES string of the molecule is Cc1ccccc1-c1cc2n(c1)CCNC2. The molecule has 82 valence electrons. The van der Waals surface area contributed by atoms with E-state index in [9.17, 15) is 0 Å². The molecule has 0 amide bonds. The first kappa shape index (κ1) is 9.67. The number of benzene rings is 1. The third-order valence-corrected chi connectivity index (χ3v) is 3.28. The number of nitrogens with one attached hydrogen (secondary N) is 1. The Bertz CT molecular complexity index is 488. The normalized spacial score (nSPS) is 14.8. The van der Waals surface area contributed by atoms with Crippen LogP contribution in [0.3, 0.4) is 0 Å². The standard InChI is InChI=1S/C14H16N2/c1-11-4-2-3-5-14(11)12-8-13-9-15-6-7-16(13)10-12/h2-5,8,10,15H,6-7,9H2,1H3. The Morgan fingerprint density at radius 3 is 2.94 bits per heavy atom. The minimum absolute atomic E-state index is 0.992. The Morgan fingerprint density at radius 1 is 1.25 bits per heavy atom. The Balaban J connectivity index is 2.07. The fourth-order valence-corrected chi connectivity index (χ4v) is 2.37. The first-order valence-corrected chi connectivity index (χ1v) is 5.80. The fourth-order valence-electron chi connectivity index (χ4n) is 2.37. The lowest BCUT2D eigenvalue weighted by molar-refractivity contribution is 0.517. The Morgan fingerprint density at radius 2 is 2.12 bits per heavy atom. The van der Waals surface area contributed by atoms with Crippen molar-refractivity contribution in [2.75, 3.05) is 6.54 Å². The van der Waals surface area contributed by atoms with Crippen molar-refractivity contribution < 1.29 is 0 Å². The summed E-state index contributed by atoms with van der Waals surface area (Å²) in [7, 11) is 0. The molecule has 0 bridgehead atoms. The second-order valence-corrected chi connectivity index (χ2v) is 4.41. The van der Waals surface area contributed by atoms with Crippen LogP contribution in [0.4, 0.5) is 0 Å². The lowest BCUT2D eigenvalue weighted by Crippen LogP contribution is -2.27. The molecule has 0 radical (unpaired) electrons. The lowest BCUT2D eigenvalue weighted by atomic mass is 10.0. The van der Waals surface area contributed by atoms with Crippen molar-refractivity contribution in [3.8, 4) is 11.1 Å². The minimum Gasteiger partial charge on any atom is -0.348 e. The smallest absolute Gasteiger partial charge is 0.0360 e. The zero-order valence-electron chi connectivity index (χ0n) is 9.53. The van der Waals surface area contributed by atoms with E-state index in [1.54, 1.807) is 0 Å². The molecule has 1 aliphatic rings. The molecule has 3 rings (SSSR count). The molecular formula is C14H16N2. The summed E-state index contributed by atoms with van der Waals surface area (Å²) in [6.07, 6.45) is 2.28. The molecule has 2 heterocycles. The summed E-state index contributed by atoms with van der Waals surface area (Å²) >= 11 is 0. The second-order valence-electron chi connectivity index (χ2n) is 4.41. The molecule has 0 aliphatic carbocycles. The Kier molecular flexibility index (Phi) is 2.29. The average Bonchev–Trinajstić information content (AvgIpc) is 2.73. The predicted molar refractivity (Wildman–Crippen MR) is 66.3 cm³/mol. The Hall–Kier alpha value is -1.54. The average molecular weight is 212 g/mol. The number of hydrogen-bond donors (Lipinski definition) is 1. The highest BCUT2D eigenvalue weighted by molar-refractivity contribution is 5.67. The third-order valence-electron chi connectivity index (χ3n) is 3.28. The number of hydrogen-bond acceptors (Lipinski definition) is 1. The van der Waals surface area contributed by atoms with Crippen molar-refractivity contribution in [3.05, 3.63) is 47.8 Å². The van der Waals surface area contributed by atoms with Gasteiger partial charge in [0.2, 0.25) is 0 Å². The molecule has 0 fully saturated rings. The summed E-state index contributed by atoms with van der Waals surface area (Å²) in [5.74, 6) is 0. The number of rotatable bonds is 1. The van der Waals surface area contributed by atoms with Gasteiger partial charge in [-0.15, -0.1) is 0 Å². The monoisotopic (exact) mass is 212 g/mol. The van der Waals surface area contributed by atoms with Gasteiger partial charge >= 0.3 is 0 Å². The minimum atomic E-state index is 0.992. The zero-order chi connectivity index (χ0) is 11.0. The first-order valence-electron chi connectivity index (χ1n) is 5.80. The van der Waals surface area contributed by atoms with Gasteiger partial charge in [0, 0.05) is 31.5 Å². The van der Waals surface area contributed by atoms with Crippen molar-refractivity contribution >= 4 is 0 Å². The van der Waals surface area contributed by atoms with Gasteiger partial charge in [0.25, 0.3) is 0 Å². The number of aromatic nitrogens is 1. The molecule has 16 heavy (non-hydrogen) atoms. The van der Waals surface area contributed by atoms with Gasteiger partial charge in [0.05, 0.1) is 0 Å². The Labute approximate surface area is 95.9 Å². The van der Waals surface area contributed by atoms with Crippen molar-refractivity contribution in [2.45, 2.75) is 20.0 Å². The quantitative estimate of drug-likeness (QED) is 0.768. The summed E-state index contributed by atoms with van der Waals surface area (Å²) in [5.41, 5.74) is 5.43. The summed E-state index contributed by atoms with van der Waals surface area (Å²) in [4.78, 5) is 0. The van der Waals surface area contributed by atoms with E-state index in [1.165, 1.54) is 22.4 Å². The van der Waals surface area contributed by atoms with Crippen LogP contribution in [0.15, 0.2) is 36.5 Å². The molecule has 0 spiro atoms. The molecule has 0 saturated carbocycles. The van der Waals surface area contributed by atoms with Crippen LogP contribution < -0.4 is 5.32 Å². The van der Waals surface area contributed by atoms with E-state index in [-0.39, 0.29) is 0 Å². The summed E-state index contributed by atoms with van der Waals surface area (Å²) in [6.45, 7) is 5.33. The van der Waals surface area contributed by atoms with Gasteiger partial charge in [-0.2, -0.15) is 0 Å². The highest BCUT2D eigenvalue weighted by Gasteiger charge is 2.11. The maximum absolute atomic E-state index is 3.40. The van der Waals surface area contributed by atoms with E-state index in [2.05, 4.69) is 53.3 Å². The zero-order valence-corrected chi connectivity index (χ0v) is 9.53. The van der Waals surface area contributed by atoms with Crippen LogP contribution in [-0.2, 0) is 13.1 Å². The number of nitrogens with zero attached hydrogens (tertiary/aromatic N) is 1. The van der Waals surface area contributed by atoms with Gasteiger partial charge in [-0.05, 0) is 29.7 Å². The van der Waals surface area contributed by atoms with E-state index in [1.807, 2.05) is 0 Å². The highest BCUT2D eigenvalue weighted by Crippen LogP contribution is 2.26. The number of aryl methyl sites for hydroxylation is 1. The summed E-state index contributed by atoms with van der Waals surface area (Å²) in [5, 5.41) is 3.40. The molecule has 0 atom stereocenters. The van der Waals surface area contributed by atoms with Crippen LogP contribution >= 0.6 is 0 Å². The maximum atomic E-state index is 3.40. The molecule has 1 N–H and O–H groups in total. The third kappa shape index (κ3) is 1.55. The van der Waals surface area contributed by atoms with Crippen LogP contribution in [0.1, 0.15) is 11.3 Å².